The predicted molar refractivity (Wildman–Crippen MR) is 62.5 cm³/mol. The fourth-order valence-corrected chi connectivity index (χ4v) is 1.34. The third kappa shape index (κ3) is 4.80. The van der Waals surface area contributed by atoms with Crippen LogP contribution in [0.1, 0.15) is 34.1 Å². The maximum absolute atomic E-state index is 11.1. The highest BCUT2D eigenvalue weighted by molar-refractivity contribution is 5.92. The molecule has 0 aliphatic heterocycles. The molecule has 0 aliphatic rings. The van der Waals surface area contributed by atoms with Gasteiger partial charge in [-0.2, -0.15) is 0 Å². The number of carbonyl (C=O) groups is 1. The number of rotatable bonds is 5. The number of ether oxygens (including phenoxy) is 1. The molecule has 0 heterocycles. The van der Waals surface area contributed by atoms with E-state index < -0.39 is 0 Å². The van der Waals surface area contributed by atoms with Crippen molar-refractivity contribution in [3.05, 3.63) is 11.6 Å². The van der Waals surface area contributed by atoms with Gasteiger partial charge in [0.05, 0.1) is 0 Å². The number of ketones is 1. The van der Waals surface area contributed by atoms with Crippen LogP contribution in [0.2, 0.25) is 0 Å². The van der Waals surface area contributed by atoms with E-state index in [1.807, 2.05) is 13.0 Å². The number of hydrogen-bond donors (Lipinski definition) is 0. The normalized spacial score (nSPS) is 15.1. The van der Waals surface area contributed by atoms with E-state index in [9.17, 15) is 4.79 Å². The van der Waals surface area contributed by atoms with Gasteiger partial charge in [0, 0.05) is 13.0 Å². The largest absolute Gasteiger partial charge is 0.368 e. The van der Waals surface area contributed by atoms with Gasteiger partial charge in [0.15, 0.2) is 5.78 Å². The maximum atomic E-state index is 11.1. The second kappa shape index (κ2) is 7.25. The lowest BCUT2D eigenvalue weighted by atomic mass is 9.96. The molecule has 0 aromatic rings. The average Bonchev–Trinajstić information content (AvgIpc) is 2.22. The molecule has 0 aromatic carbocycles. The van der Waals surface area contributed by atoms with Crippen LogP contribution in [0.15, 0.2) is 11.6 Å². The summed E-state index contributed by atoms with van der Waals surface area (Å²) in [5, 5.41) is 0. The number of hydrogen-bond acceptors (Lipinski definition) is 2. The van der Waals surface area contributed by atoms with Gasteiger partial charge >= 0.3 is 0 Å². The SMILES string of the molecule is CC#C[C@H](OC)[C@H](/C=C(\C)C(C)=O)CC. The van der Waals surface area contributed by atoms with Crippen molar-refractivity contribution in [2.24, 2.45) is 5.92 Å². The van der Waals surface area contributed by atoms with Gasteiger partial charge in [-0.1, -0.05) is 18.9 Å². The highest BCUT2D eigenvalue weighted by atomic mass is 16.5. The molecule has 0 radical (unpaired) electrons. The smallest absolute Gasteiger partial charge is 0.155 e. The lowest BCUT2D eigenvalue weighted by Crippen LogP contribution is -2.19. The van der Waals surface area contributed by atoms with Crippen molar-refractivity contribution in [1.29, 1.82) is 0 Å². The highest BCUT2D eigenvalue weighted by Gasteiger charge is 2.15. The summed E-state index contributed by atoms with van der Waals surface area (Å²) in [7, 11) is 1.65. The summed E-state index contributed by atoms with van der Waals surface area (Å²) >= 11 is 0. The minimum atomic E-state index is -0.116. The van der Waals surface area contributed by atoms with E-state index in [4.69, 9.17) is 4.74 Å². The molecule has 0 bridgehead atoms. The molecule has 2 nitrogen and oxygen atoms in total. The molecule has 0 saturated heterocycles. The van der Waals surface area contributed by atoms with E-state index >= 15 is 0 Å². The molecular formula is C13H20O2. The molecule has 0 fully saturated rings. The Morgan fingerprint density at radius 3 is 2.40 bits per heavy atom. The molecule has 0 aromatic heterocycles. The van der Waals surface area contributed by atoms with E-state index in [1.165, 1.54) is 0 Å². The highest BCUT2D eigenvalue weighted by Crippen LogP contribution is 2.15. The van der Waals surface area contributed by atoms with E-state index in [2.05, 4.69) is 18.8 Å². The first-order valence-electron chi connectivity index (χ1n) is 5.21. The van der Waals surface area contributed by atoms with Gasteiger partial charge in [0.2, 0.25) is 0 Å². The topological polar surface area (TPSA) is 26.3 Å². The van der Waals surface area contributed by atoms with Crippen molar-refractivity contribution in [3.63, 3.8) is 0 Å². The molecule has 0 rings (SSSR count). The van der Waals surface area contributed by atoms with Gasteiger partial charge < -0.3 is 4.74 Å². The van der Waals surface area contributed by atoms with Crippen molar-refractivity contribution in [3.8, 4) is 11.8 Å². The van der Waals surface area contributed by atoms with Crippen LogP contribution >= 0.6 is 0 Å². The van der Waals surface area contributed by atoms with Crippen LogP contribution in [-0.2, 0) is 9.53 Å². The molecule has 2 heteroatoms. The lowest BCUT2D eigenvalue weighted by Gasteiger charge is -2.17. The molecule has 15 heavy (non-hydrogen) atoms. The molecular weight excluding hydrogens is 188 g/mol. The third-order valence-corrected chi connectivity index (χ3v) is 2.42. The van der Waals surface area contributed by atoms with Crippen LogP contribution in [0.25, 0.3) is 0 Å². The van der Waals surface area contributed by atoms with Crippen molar-refractivity contribution in [1.82, 2.24) is 0 Å². The Morgan fingerprint density at radius 2 is 2.07 bits per heavy atom. The monoisotopic (exact) mass is 208 g/mol. The Balaban J connectivity index is 4.79. The van der Waals surface area contributed by atoms with Crippen LogP contribution in [-0.4, -0.2) is 19.0 Å². The molecule has 0 N–H and O–H groups in total. The molecule has 2 atom stereocenters. The van der Waals surface area contributed by atoms with Crippen LogP contribution in [0, 0.1) is 17.8 Å². The summed E-state index contributed by atoms with van der Waals surface area (Å²) in [6, 6.07) is 0. The van der Waals surface area contributed by atoms with Crippen molar-refractivity contribution in [2.45, 2.75) is 40.2 Å². The zero-order valence-corrected chi connectivity index (χ0v) is 10.3. The summed E-state index contributed by atoms with van der Waals surface area (Å²) in [6.07, 6.45) is 2.76. The van der Waals surface area contributed by atoms with Gasteiger partial charge in [0.25, 0.3) is 0 Å². The van der Waals surface area contributed by atoms with Crippen LogP contribution in [0.4, 0.5) is 0 Å². The van der Waals surface area contributed by atoms with Crippen molar-refractivity contribution in [2.75, 3.05) is 7.11 Å². The van der Waals surface area contributed by atoms with Gasteiger partial charge in [0.1, 0.15) is 6.10 Å². The zero-order chi connectivity index (χ0) is 11.8. The quantitative estimate of drug-likeness (QED) is 0.513. The number of carbonyl (C=O) groups excluding carboxylic acids is 1. The van der Waals surface area contributed by atoms with E-state index in [0.29, 0.717) is 0 Å². The van der Waals surface area contributed by atoms with Gasteiger partial charge in [-0.3, -0.25) is 4.79 Å². The molecule has 0 saturated carbocycles. The summed E-state index contributed by atoms with van der Waals surface area (Å²) in [5.41, 5.74) is 0.779. The predicted octanol–water partition coefficient (Wildman–Crippen LogP) is 2.59. The van der Waals surface area contributed by atoms with Crippen LogP contribution < -0.4 is 0 Å². The van der Waals surface area contributed by atoms with Crippen molar-refractivity contribution >= 4 is 5.78 Å². The average molecular weight is 208 g/mol. The Kier molecular flexibility index (Phi) is 6.73. The first-order valence-corrected chi connectivity index (χ1v) is 5.21. The van der Waals surface area contributed by atoms with E-state index in [0.717, 1.165) is 12.0 Å². The summed E-state index contributed by atoms with van der Waals surface area (Å²) in [6.45, 7) is 7.27. The zero-order valence-electron chi connectivity index (χ0n) is 10.3. The third-order valence-electron chi connectivity index (χ3n) is 2.42. The summed E-state index contributed by atoms with van der Waals surface area (Å²) in [4.78, 5) is 11.1. The minimum Gasteiger partial charge on any atom is -0.368 e. The lowest BCUT2D eigenvalue weighted by molar-refractivity contribution is -0.113. The standard InChI is InChI=1S/C13H20O2/c1-6-8-13(15-5)12(7-2)9-10(3)11(4)14/h9,12-13H,7H2,1-5H3/b10-9+/t12-,13-/m0/s1. The first kappa shape index (κ1) is 13.9. The number of methoxy groups -OCH3 is 1. The second-order valence-corrected chi connectivity index (χ2v) is 3.53. The first-order chi connectivity index (χ1) is 7.06. The van der Waals surface area contributed by atoms with Gasteiger partial charge in [-0.05, 0) is 32.8 Å². The van der Waals surface area contributed by atoms with Crippen LogP contribution in [0.3, 0.4) is 0 Å². The Labute approximate surface area is 92.7 Å². The fraction of sp³-hybridized carbons (Fsp3) is 0.615. The Morgan fingerprint density at radius 1 is 1.47 bits per heavy atom. The molecule has 0 amide bonds. The maximum Gasteiger partial charge on any atom is 0.155 e. The fourth-order valence-electron chi connectivity index (χ4n) is 1.34. The molecule has 84 valence electrons. The van der Waals surface area contributed by atoms with E-state index in [-0.39, 0.29) is 17.8 Å². The summed E-state index contributed by atoms with van der Waals surface area (Å²) < 4.78 is 5.29. The Hall–Kier alpha value is -1.07. The number of Topliss-reactive ketones (excluding diaryl/α,β-unsaturated/α-hetero) is 1. The second-order valence-electron chi connectivity index (χ2n) is 3.53. The van der Waals surface area contributed by atoms with Crippen LogP contribution in [0.5, 0.6) is 0 Å². The minimum absolute atomic E-state index is 0.104. The number of allylic oxidation sites excluding steroid dienone is 1. The molecule has 0 aliphatic carbocycles. The van der Waals surface area contributed by atoms with Gasteiger partial charge in [-0.15, -0.1) is 5.92 Å². The molecule has 0 unspecified atom stereocenters. The summed E-state index contributed by atoms with van der Waals surface area (Å²) in [5.74, 6) is 6.14. The van der Waals surface area contributed by atoms with Crippen molar-refractivity contribution < 1.29 is 9.53 Å². The molecule has 0 spiro atoms. The van der Waals surface area contributed by atoms with Gasteiger partial charge in [-0.25, -0.2) is 0 Å². The Bertz CT molecular complexity index is 291. The van der Waals surface area contributed by atoms with E-state index in [1.54, 1.807) is 21.0 Å².